The largest absolute Gasteiger partial charge is 0.399 e. The minimum Gasteiger partial charge on any atom is -0.399 e. The molecule has 4 heterocycles. The molecule has 10 heteroatoms. The molecule has 33 heavy (non-hydrogen) atoms. The SMILES string of the molecule is C=CC(=O)N1CCC[C@@H](NC(=O)c2sc3nccc4c3c2NC(=O)N4c2ccc(N)cc2)C1. The number of urea groups is 1. The summed E-state index contributed by atoms with van der Waals surface area (Å²) in [5.74, 6) is -0.437. The van der Waals surface area contributed by atoms with E-state index in [4.69, 9.17) is 5.73 Å². The maximum Gasteiger partial charge on any atom is 0.331 e. The smallest absolute Gasteiger partial charge is 0.331 e. The Hall–Kier alpha value is -3.92. The summed E-state index contributed by atoms with van der Waals surface area (Å²) < 4.78 is 0. The number of carbonyl (C=O) groups is 3. The summed E-state index contributed by atoms with van der Waals surface area (Å²) in [7, 11) is 0. The molecular weight excluding hydrogens is 440 g/mol. The van der Waals surface area contributed by atoms with E-state index < -0.39 is 0 Å². The maximum atomic E-state index is 13.2. The van der Waals surface area contributed by atoms with Crippen LogP contribution in [0.3, 0.4) is 0 Å². The van der Waals surface area contributed by atoms with Crippen molar-refractivity contribution in [3.63, 3.8) is 0 Å². The Morgan fingerprint density at radius 3 is 2.82 bits per heavy atom. The van der Waals surface area contributed by atoms with Crippen molar-refractivity contribution in [3.8, 4) is 0 Å². The lowest BCUT2D eigenvalue weighted by atomic mass is 10.1. The van der Waals surface area contributed by atoms with Crippen molar-refractivity contribution >= 4 is 62.1 Å². The molecule has 0 spiro atoms. The quantitative estimate of drug-likeness (QED) is 0.405. The Labute approximate surface area is 193 Å². The summed E-state index contributed by atoms with van der Waals surface area (Å²) in [6.45, 7) is 4.61. The highest BCUT2D eigenvalue weighted by Crippen LogP contribution is 2.45. The van der Waals surface area contributed by atoms with Crippen LogP contribution in [0.2, 0.25) is 0 Å². The lowest BCUT2D eigenvalue weighted by Gasteiger charge is -2.32. The van der Waals surface area contributed by atoms with Crippen LogP contribution in [0.4, 0.5) is 27.5 Å². The zero-order valence-electron chi connectivity index (χ0n) is 17.7. The van der Waals surface area contributed by atoms with E-state index in [1.165, 1.54) is 17.4 Å². The summed E-state index contributed by atoms with van der Waals surface area (Å²) in [5, 5.41) is 6.62. The van der Waals surface area contributed by atoms with Crippen LogP contribution < -0.4 is 21.3 Å². The highest BCUT2D eigenvalue weighted by atomic mass is 32.1. The lowest BCUT2D eigenvalue weighted by Crippen LogP contribution is -2.49. The number of nitrogens with two attached hydrogens (primary N) is 1. The molecule has 2 aromatic heterocycles. The van der Waals surface area contributed by atoms with E-state index in [2.05, 4.69) is 22.2 Å². The number of thiophene rings is 1. The van der Waals surface area contributed by atoms with Gasteiger partial charge in [0.1, 0.15) is 9.71 Å². The topological polar surface area (TPSA) is 121 Å². The highest BCUT2D eigenvalue weighted by molar-refractivity contribution is 7.21. The zero-order valence-corrected chi connectivity index (χ0v) is 18.5. The van der Waals surface area contributed by atoms with Gasteiger partial charge >= 0.3 is 6.03 Å². The fourth-order valence-corrected chi connectivity index (χ4v) is 5.32. The maximum absolute atomic E-state index is 13.2. The van der Waals surface area contributed by atoms with E-state index in [1.54, 1.807) is 46.3 Å². The van der Waals surface area contributed by atoms with Crippen LogP contribution in [-0.4, -0.2) is 46.9 Å². The lowest BCUT2D eigenvalue weighted by molar-refractivity contribution is -0.127. The molecule has 0 unspecified atom stereocenters. The number of hydrogen-bond donors (Lipinski definition) is 3. The van der Waals surface area contributed by atoms with E-state index >= 15 is 0 Å². The normalized spacial score (nSPS) is 17.6. The van der Waals surface area contributed by atoms with Gasteiger partial charge in [0.25, 0.3) is 5.91 Å². The first-order valence-electron chi connectivity index (χ1n) is 10.6. The van der Waals surface area contributed by atoms with Crippen molar-refractivity contribution in [2.45, 2.75) is 18.9 Å². The average molecular weight is 463 g/mol. The van der Waals surface area contributed by atoms with Crippen molar-refractivity contribution in [2.75, 3.05) is 29.0 Å². The van der Waals surface area contributed by atoms with Crippen molar-refractivity contribution in [2.24, 2.45) is 0 Å². The van der Waals surface area contributed by atoms with Gasteiger partial charge in [0, 0.05) is 31.0 Å². The van der Waals surface area contributed by atoms with Gasteiger partial charge in [0.15, 0.2) is 0 Å². The van der Waals surface area contributed by atoms with Gasteiger partial charge in [-0.1, -0.05) is 6.58 Å². The number of aromatic nitrogens is 1. The number of likely N-dealkylation sites (tertiary alicyclic amines) is 1. The van der Waals surface area contributed by atoms with Gasteiger partial charge in [0.05, 0.1) is 22.4 Å². The van der Waals surface area contributed by atoms with Gasteiger partial charge in [-0.15, -0.1) is 11.3 Å². The fourth-order valence-electron chi connectivity index (χ4n) is 4.30. The second-order valence-electron chi connectivity index (χ2n) is 7.97. The van der Waals surface area contributed by atoms with Gasteiger partial charge in [0.2, 0.25) is 5.91 Å². The molecule has 1 atom stereocenters. The van der Waals surface area contributed by atoms with Crippen LogP contribution >= 0.6 is 11.3 Å². The Morgan fingerprint density at radius 2 is 2.06 bits per heavy atom. The molecule has 2 aliphatic rings. The van der Waals surface area contributed by atoms with E-state index in [1.807, 2.05) is 0 Å². The second-order valence-corrected chi connectivity index (χ2v) is 8.97. The Balaban J connectivity index is 1.47. The summed E-state index contributed by atoms with van der Waals surface area (Å²) in [5.41, 5.74) is 8.16. The number of nitrogen functional groups attached to an aromatic ring is 1. The van der Waals surface area contributed by atoms with Crippen LogP contribution in [0, 0.1) is 0 Å². The second kappa shape index (κ2) is 8.21. The molecule has 0 saturated carbocycles. The van der Waals surface area contributed by atoms with E-state index in [9.17, 15) is 14.4 Å². The number of nitrogens with one attached hydrogen (secondary N) is 2. The van der Waals surface area contributed by atoms with Gasteiger partial charge < -0.3 is 21.3 Å². The van der Waals surface area contributed by atoms with Crippen molar-refractivity contribution in [1.82, 2.24) is 15.2 Å². The molecule has 0 bridgehead atoms. The fraction of sp³-hybridized carbons (Fsp3) is 0.217. The molecule has 1 saturated heterocycles. The van der Waals surface area contributed by atoms with Crippen LogP contribution in [0.15, 0.2) is 49.2 Å². The molecule has 2 aliphatic heterocycles. The molecule has 0 aliphatic carbocycles. The number of pyridine rings is 1. The predicted molar refractivity (Wildman–Crippen MR) is 129 cm³/mol. The first-order valence-corrected chi connectivity index (χ1v) is 11.4. The third kappa shape index (κ3) is 3.68. The third-order valence-corrected chi connectivity index (χ3v) is 6.94. The van der Waals surface area contributed by atoms with Gasteiger partial charge in [-0.05, 0) is 49.2 Å². The molecule has 5 rings (SSSR count). The number of piperidine rings is 1. The van der Waals surface area contributed by atoms with Gasteiger partial charge in [-0.25, -0.2) is 9.78 Å². The van der Waals surface area contributed by atoms with Crippen molar-refractivity contribution in [1.29, 1.82) is 0 Å². The molecule has 4 N–H and O–H groups in total. The Bertz CT molecular complexity index is 1290. The molecule has 1 fully saturated rings. The Kier molecular flexibility index (Phi) is 5.21. The summed E-state index contributed by atoms with van der Waals surface area (Å²) in [6.07, 6.45) is 4.48. The molecule has 4 amide bonds. The zero-order chi connectivity index (χ0) is 23.1. The van der Waals surface area contributed by atoms with Crippen LogP contribution in [0.5, 0.6) is 0 Å². The van der Waals surface area contributed by atoms with E-state index in [-0.39, 0.29) is 23.9 Å². The number of rotatable bonds is 4. The first kappa shape index (κ1) is 21.0. The molecule has 1 aromatic carbocycles. The number of anilines is 4. The number of benzene rings is 1. The van der Waals surface area contributed by atoms with Gasteiger partial charge in [-0.3, -0.25) is 14.5 Å². The molecule has 0 radical (unpaired) electrons. The minimum atomic E-state index is -0.368. The number of amides is 4. The average Bonchev–Trinajstić information content (AvgIpc) is 3.19. The van der Waals surface area contributed by atoms with Crippen molar-refractivity contribution < 1.29 is 14.4 Å². The van der Waals surface area contributed by atoms with Crippen LogP contribution in [0.25, 0.3) is 10.2 Å². The first-order chi connectivity index (χ1) is 16.0. The molecule has 3 aromatic rings. The standard InChI is InChI=1S/C23H22N6O3S/c1-2-17(30)28-11-3-4-14(12-28)26-21(31)20-19-18-16(9-10-25-22(18)33-20)29(23(32)27-19)15-7-5-13(24)6-8-15/h2,5-10,14H,1,3-4,11-12,24H2,(H,26,31)(H,27,32)/t14-/m1/s1. The summed E-state index contributed by atoms with van der Waals surface area (Å²) >= 11 is 1.23. The minimum absolute atomic E-state index is 0.144. The highest BCUT2D eigenvalue weighted by Gasteiger charge is 2.33. The van der Waals surface area contributed by atoms with E-state index in [0.29, 0.717) is 45.5 Å². The Morgan fingerprint density at radius 1 is 1.27 bits per heavy atom. The van der Waals surface area contributed by atoms with Crippen LogP contribution in [-0.2, 0) is 4.79 Å². The molecular formula is C23H22N6O3S. The predicted octanol–water partition coefficient (Wildman–Crippen LogP) is 3.47. The number of hydrogen-bond acceptors (Lipinski definition) is 6. The number of nitrogens with zero attached hydrogens (tertiary/aromatic N) is 3. The third-order valence-electron chi connectivity index (χ3n) is 5.85. The van der Waals surface area contributed by atoms with Crippen molar-refractivity contribution in [3.05, 3.63) is 54.1 Å². The van der Waals surface area contributed by atoms with Crippen LogP contribution in [0.1, 0.15) is 22.5 Å². The molecule has 168 valence electrons. The summed E-state index contributed by atoms with van der Waals surface area (Å²) in [4.78, 5) is 46.9. The van der Waals surface area contributed by atoms with Gasteiger partial charge in [-0.2, -0.15) is 0 Å². The number of carbonyl (C=O) groups excluding carboxylic acids is 3. The summed E-state index contributed by atoms with van der Waals surface area (Å²) in [6, 6.07) is 8.21. The molecule has 9 nitrogen and oxygen atoms in total. The van der Waals surface area contributed by atoms with E-state index in [0.717, 1.165) is 18.2 Å². The monoisotopic (exact) mass is 462 g/mol.